The maximum absolute atomic E-state index is 11.1. The number of carboxylic acids is 1. The Balaban J connectivity index is 2.24. The van der Waals surface area contributed by atoms with Crippen molar-refractivity contribution in [2.75, 3.05) is 18.0 Å². The second-order valence-electron chi connectivity index (χ2n) is 4.90. The molecule has 102 valence electrons. The fourth-order valence-electron chi connectivity index (χ4n) is 2.65. The molecular formula is C13H16N2O4. The van der Waals surface area contributed by atoms with Gasteiger partial charge in [0.05, 0.1) is 4.92 Å². The minimum atomic E-state index is -0.814. The summed E-state index contributed by atoms with van der Waals surface area (Å²) < 4.78 is 0. The molecule has 0 bridgehead atoms. The number of hydrogen-bond acceptors (Lipinski definition) is 4. The first kappa shape index (κ1) is 13.3. The predicted molar refractivity (Wildman–Crippen MR) is 70.4 cm³/mol. The zero-order valence-electron chi connectivity index (χ0n) is 10.7. The third-order valence-electron chi connectivity index (χ3n) is 3.48. The molecule has 0 amide bonds. The molecule has 6 nitrogen and oxygen atoms in total. The number of benzene rings is 1. The molecule has 1 aromatic carbocycles. The van der Waals surface area contributed by atoms with Crippen molar-refractivity contribution in [3.05, 3.63) is 33.9 Å². The quantitative estimate of drug-likeness (QED) is 0.665. The van der Waals surface area contributed by atoms with Gasteiger partial charge in [-0.05, 0) is 24.8 Å². The van der Waals surface area contributed by atoms with E-state index in [1.165, 1.54) is 6.07 Å². The van der Waals surface area contributed by atoms with E-state index in [0.717, 1.165) is 12.0 Å². The highest BCUT2D eigenvalue weighted by atomic mass is 16.6. The predicted octanol–water partition coefficient (Wildman–Crippen LogP) is 2.20. The number of carbonyl (C=O) groups is 1. The van der Waals surface area contributed by atoms with Crippen LogP contribution in [0, 0.1) is 23.0 Å². The Kier molecular flexibility index (Phi) is 3.69. The summed E-state index contributed by atoms with van der Waals surface area (Å²) in [5.74, 6) is -0.747. The largest absolute Gasteiger partial charge is 0.481 e. The molecule has 2 rings (SSSR count). The van der Waals surface area contributed by atoms with Crippen LogP contribution < -0.4 is 4.90 Å². The summed E-state index contributed by atoms with van der Waals surface area (Å²) >= 11 is 0. The van der Waals surface area contributed by atoms with E-state index in [0.29, 0.717) is 18.8 Å². The SMILES string of the molecule is Cc1cccc([N+](=O)[O-])c1N1CCC(CC(=O)O)C1. The van der Waals surface area contributed by atoms with E-state index in [1.54, 1.807) is 6.07 Å². The molecule has 1 saturated heterocycles. The van der Waals surface area contributed by atoms with Crippen LogP contribution in [-0.2, 0) is 4.79 Å². The van der Waals surface area contributed by atoms with Gasteiger partial charge in [0.25, 0.3) is 5.69 Å². The van der Waals surface area contributed by atoms with Gasteiger partial charge in [0.15, 0.2) is 0 Å². The molecule has 1 N–H and O–H groups in total. The molecule has 6 heteroatoms. The van der Waals surface area contributed by atoms with Crippen LogP contribution in [0.1, 0.15) is 18.4 Å². The van der Waals surface area contributed by atoms with Gasteiger partial charge in [-0.3, -0.25) is 14.9 Å². The van der Waals surface area contributed by atoms with Crippen molar-refractivity contribution in [1.82, 2.24) is 0 Å². The summed E-state index contributed by atoms with van der Waals surface area (Å²) in [6.45, 7) is 3.08. The molecule has 1 aliphatic rings. The number of nitro benzene ring substituents is 1. The first-order chi connectivity index (χ1) is 8.99. The van der Waals surface area contributed by atoms with Crippen LogP contribution in [0.4, 0.5) is 11.4 Å². The van der Waals surface area contributed by atoms with Crippen LogP contribution in [-0.4, -0.2) is 29.1 Å². The van der Waals surface area contributed by atoms with Crippen molar-refractivity contribution >= 4 is 17.3 Å². The lowest BCUT2D eigenvalue weighted by Crippen LogP contribution is -2.22. The smallest absolute Gasteiger partial charge is 0.303 e. The number of anilines is 1. The number of carboxylic acid groups (broad SMARTS) is 1. The van der Waals surface area contributed by atoms with Gasteiger partial charge in [-0.15, -0.1) is 0 Å². The van der Waals surface area contributed by atoms with Crippen LogP contribution in [0.5, 0.6) is 0 Å². The van der Waals surface area contributed by atoms with Gasteiger partial charge in [-0.2, -0.15) is 0 Å². The third-order valence-corrected chi connectivity index (χ3v) is 3.48. The summed E-state index contributed by atoms with van der Waals surface area (Å²) in [7, 11) is 0. The molecule has 0 radical (unpaired) electrons. The third kappa shape index (κ3) is 2.83. The highest BCUT2D eigenvalue weighted by Gasteiger charge is 2.29. The number of nitro groups is 1. The van der Waals surface area contributed by atoms with Gasteiger partial charge in [0, 0.05) is 25.6 Å². The lowest BCUT2D eigenvalue weighted by molar-refractivity contribution is -0.384. The lowest BCUT2D eigenvalue weighted by Gasteiger charge is -2.20. The zero-order valence-corrected chi connectivity index (χ0v) is 10.7. The van der Waals surface area contributed by atoms with Crippen molar-refractivity contribution in [3.8, 4) is 0 Å². The average Bonchev–Trinajstić information content (AvgIpc) is 2.75. The monoisotopic (exact) mass is 264 g/mol. The van der Waals surface area contributed by atoms with Crippen molar-refractivity contribution < 1.29 is 14.8 Å². The Bertz CT molecular complexity index is 515. The fourth-order valence-corrected chi connectivity index (χ4v) is 2.65. The number of aryl methyl sites for hydroxylation is 1. The van der Waals surface area contributed by atoms with Crippen LogP contribution in [0.25, 0.3) is 0 Å². The molecule has 1 aromatic rings. The molecule has 1 fully saturated rings. The standard InChI is InChI=1S/C13H16N2O4/c1-9-3-2-4-11(15(18)19)13(9)14-6-5-10(8-14)7-12(16)17/h2-4,10H,5-8H2,1H3,(H,16,17). The van der Waals surface area contributed by atoms with Gasteiger partial charge < -0.3 is 10.0 Å². The van der Waals surface area contributed by atoms with E-state index in [2.05, 4.69) is 0 Å². The van der Waals surface area contributed by atoms with Crippen LogP contribution in [0.15, 0.2) is 18.2 Å². The first-order valence-corrected chi connectivity index (χ1v) is 6.19. The summed E-state index contributed by atoms with van der Waals surface area (Å²) in [5, 5.41) is 19.9. The molecule has 1 aliphatic heterocycles. The Morgan fingerprint density at radius 3 is 2.95 bits per heavy atom. The van der Waals surface area contributed by atoms with E-state index in [1.807, 2.05) is 17.9 Å². The number of para-hydroxylation sites is 1. The highest BCUT2D eigenvalue weighted by molar-refractivity contribution is 5.69. The van der Waals surface area contributed by atoms with Gasteiger partial charge in [0.1, 0.15) is 5.69 Å². The van der Waals surface area contributed by atoms with Gasteiger partial charge in [-0.1, -0.05) is 12.1 Å². The van der Waals surface area contributed by atoms with E-state index < -0.39 is 5.97 Å². The molecule has 0 saturated carbocycles. The number of rotatable bonds is 4. The van der Waals surface area contributed by atoms with E-state index >= 15 is 0 Å². The molecule has 0 aromatic heterocycles. The van der Waals surface area contributed by atoms with E-state index in [4.69, 9.17) is 5.11 Å². The number of nitrogens with zero attached hydrogens (tertiary/aromatic N) is 2. The first-order valence-electron chi connectivity index (χ1n) is 6.19. The molecule has 0 spiro atoms. The maximum atomic E-state index is 11.1. The topological polar surface area (TPSA) is 83.7 Å². The second kappa shape index (κ2) is 5.26. The maximum Gasteiger partial charge on any atom is 0.303 e. The summed E-state index contributed by atoms with van der Waals surface area (Å²) in [6, 6.07) is 5.00. The van der Waals surface area contributed by atoms with Crippen molar-refractivity contribution in [3.63, 3.8) is 0 Å². The van der Waals surface area contributed by atoms with Crippen LogP contribution >= 0.6 is 0 Å². The van der Waals surface area contributed by atoms with Gasteiger partial charge in [-0.25, -0.2) is 0 Å². The summed E-state index contributed by atoms with van der Waals surface area (Å²) in [4.78, 5) is 23.3. The summed E-state index contributed by atoms with van der Waals surface area (Å²) in [5.41, 5.74) is 1.57. The van der Waals surface area contributed by atoms with Crippen LogP contribution in [0.3, 0.4) is 0 Å². The zero-order chi connectivity index (χ0) is 14.0. The Labute approximate surface area is 110 Å². The van der Waals surface area contributed by atoms with Gasteiger partial charge >= 0.3 is 5.97 Å². The van der Waals surface area contributed by atoms with E-state index in [-0.39, 0.29) is 22.9 Å². The Morgan fingerprint density at radius 1 is 1.58 bits per heavy atom. The van der Waals surface area contributed by atoms with Crippen LogP contribution in [0.2, 0.25) is 0 Å². The van der Waals surface area contributed by atoms with Crippen molar-refractivity contribution in [2.45, 2.75) is 19.8 Å². The minimum Gasteiger partial charge on any atom is -0.481 e. The van der Waals surface area contributed by atoms with Gasteiger partial charge in [0.2, 0.25) is 0 Å². The fraction of sp³-hybridized carbons (Fsp3) is 0.462. The molecule has 19 heavy (non-hydrogen) atoms. The number of aliphatic carboxylic acids is 1. The minimum absolute atomic E-state index is 0.0664. The van der Waals surface area contributed by atoms with E-state index in [9.17, 15) is 14.9 Å². The number of hydrogen-bond donors (Lipinski definition) is 1. The van der Waals surface area contributed by atoms with Crippen molar-refractivity contribution in [2.24, 2.45) is 5.92 Å². The molecule has 1 heterocycles. The molecular weight excluding hydrogens is 248 g/mol. The van der Waals surface area contributed by atoms with Crippen molar-refractivity contribution in [1.29, 1.82) is 0 Å². The summed E-state index contributed by atoms with van der Waals surface area (Å²) in [6.07, 6.45) is 0.883. The normalized spacial score (nSPS) is 18.6. The molecule has 0 aliphatic carbocycles. The lowest BCUT2D eigenvalue weighted by atomic mass is 10.1. The highest BCUT2D eigenvalue weighted by Crippen LogP contribution is 2.35. The average molecular weight is 264 g/mol. The molecule has 1 unspecified atom stereocenters. The Hall–Kier alpha value is -2.11. The molecule has 1 atom stereocenters. The Morgan fingerprint density at radius 2 is 2.32 bits per heavy atom. The second-order valence-corrected chi connectivity index (χ2v) is 4.90.